The van der Waals surface area contributed by atoms with Gasteiger partial charge in [-0.3, -0.25) is 9.59 Å². The number of esters is 1. The van der Waals surface area contributed by atoms with Crippen molar-refractivity contribution in [2.24, 2.45) is 11.8 Å². The number of hydrogen-bond acceptors (Lipinski definition) is 5. The van der Waals surface area contributed by atoms with E-state index in [1.54, 1.807) is 6.08 Å². The fourth-order valence-corrected chi connectivity index (χ4v) is 3.55. The summed E-state index contributed by atoms with van der Waals surface area (Å²) in [6, 6.07) is 0. The lowest BCUT2D eigenvalue weighted by Gasteiger charge is -2.23. The molecule has 0 aromatic rings. The van der Waals surface area contributed by atoms with Crippen molar-refractivity contribution >= 4 is 11.8 Å². The van der Waals surface area contributed by atoms with Crippen LogP contribution in [0.5, 0.6) is 0 Å². The number of Topliss-reactive ketones (excluding diaryl/α,β-unsaturated/α-hetero) is 1. The monoisotopic (exact) mass is 392 g/mol. The molecule has 1 saturated carbocycles. The molecule has 0 bridgehead atoms. The molecule has 0 aliphatic heterocycles. The number of ether oxygens (including phenoxy) is 1. The smallest absolute Gasteiger partial charge is 0.305 e. The molecular weight excluding hydrogens is 356 g/mol. The van der Waals surface area contributed by atoms with Gasteiger partial charge in [0.15, 0.2) is 0 Å². The highest BCUT2D eigenvalue weighted by Gasteiger charge is 2.39. The van der Waals surface area contributed by atoms with Gasteiger partial charge in [0.25, 0.3) is 0 Å². The molecule has 158 valence electrons. The summed E-state index contributed by atoms with van der Waals surface area (Å²) in [6.07, 6.45) is 14.2. The number of hydrogen-bond donors (Lipinski definition) is 2. The predicted octanol–water partition coefficient (Wildman–Crippen LogP) is 3.90. The number of aliphatic hydroxyl groups is 2. The van der Waals surface area contributed by atoms with Crippen LogP contribution in [0.2, 0.25) is 0 Å². The van der Waals surface area contributed by atoms with Gasteiger partial charge in [-0.25, -0.2) is 0 Å². The minimum absolute atomic E-state index is 0.0753. The van der Waals surface area contributed by atoms with E-state index in [0.717, 1.165) is 19.3 Å². The Morgan fingerprint density at radius 3 is 2.71 bits per heavy atom. The second-order valence-electron chi connectivity index (χ2n) is 7.64. The fraction of sp³-hybridized carbons (Fsp3) is 0.652. The van der Waals surface area contributed by atoms with Crippen LogP contribution in [0.3, 0.4) is 0 Å². The zero-order valence-corrected chi connectivity index (χ0v) is 17.3. The van der Waals surface area contributed by atoms with Crippen LogP contribution < -0.4 is 0 Å². The van der Waals surface area contributed by atoms with Crippen molar-refractivity contribution in [1.82, 2.24) is 0 Å². The van der Waals surface area contributed by atoms with Crippen LogP contribution in [-0.2, 0) is 14.3 Å². The Morgan fingerprint density at radius 2 is 2.07 bits per heavy atom. The molecule has 0 spiro atoms. The van der Waals surface area contributed by atoms with E-state index in [9.17, 15) is 19.8 Å². The van der Waals surface area contributed by atoms with Crippen LogP contribution in [0.15, 0.2) is 37.0 Å². The summed E-state index contributed by atoms with van der Waals surface area (Å²) in [4.78, 5) is 23.3. The molecule has 1 rings (SSSR count). The molecule has 0 radical (unpaired) electrons. The van der Waals surface area contributed by atoms with Crippen molar-refractivity contribution in [1.29, 1.82) is 0 Å². The molecular formula is C23H36O5. The summed E-state index contributed by atoms with van der Waals surface area (Å²) in [6.45, 7) is 5.81. The molecule has 28 heavy (non-hydrogen) atoms. The maximum Gasteiger partial charge on any atom is 0.305 e. The quantitative estimate of drug-likeness (QED) is 0.282. The highest BCUT2D eigenvalue weighted by molar-refractivity contribution is 5.84. The summed E-state index contributed by atoms with van der Waals surface area (Å²) >= 11 is 0. The molecule has 0 heterocycles. The molecule has 4 atom stereocenters. The summed E-state index contributed by atoms with van der Waals surface area (Å²) in [5.74, 6) is -0.611. The largest absolute Gasteiger partial charge is 0.469 e. The van der Waals surface area contributed by atoms with Gasteiger partial charge >= 0.3 is 5.97 Å². The van der Waals surface area contributed by atoms with E-state index in [1.165, 1.54) is 7.11 Å². The van der Waals surface area contributed by atoms with E-state index in [2.05, 4.69) is 18.2 Å². The minimum Gasteiger partial charge on any atom is -0.469 e. The summed E-state index contributed by atoms with van der Waals surface area (Å²) in [7, 11) is 1.38. The molecule has 0 aromatic heterocycles. The Labute approximate surface area is 169 Å². The molecule has 1 fully saturated rings. The number of carbonyl (C=O) groups excluding carboxylic acids is 2. The molecule has 0 aromatic carbocycles. The van der Waals surface area contributed by atoms with Crippen molar-refractivity contribution in [2.75, 3.05) is 7.11 Å². The van der Waals surface area contributed by atoms with Crippen molar-refractivity contribution in [3.63, 3.8) is 0 Å². The van der Waals surface area contributed by atoms with E-state index < -0.39 is 11.7 Å². The maximum atomic E-state index is 12.2. The van der Waals surface area contributed by atoms with Gasteiger partial charge in [-0.05, 0) is 32.1 Å². The maximum absolute atomic E-state index is 12.2. The first-order chi connectivity index (χ1) is 13.4. The van der Waals surface area contributed by atoms with Gasteiger partial charge in [0.1, 0.15) is 5.78 Å². The Kier molecular flexibility index (Phi) is 11.0. The van der Waals surface area contributed by atoms with Crippen LogP contribution in [0, 0.1) is 11.8 Å². The van der Waals surface area contributed by atoms with E-state index in [-0.39, 0.29) is 30.0 Å². The topological polar surface area (TPSA) is 83.8 Å². The summed E-state index contributed by atoms with van der Waals surface area (Å²) < 4.78 is 4.60. The number of allylic oxidation sites excluding steroid dienone is 2. The van der Waals surface area contributed by atoms with Crippen LogP contribution in [0.4, 0.5) is 0 Å². The fourth-order valence-electron chi connectivity index (χ4n) is 3.55. The molecule has 1 aliphatic rings. The predicted molar refractivity (Wildman–Crippen MR) is 111 cm³/mol. The second kappa shape index (κ2) is 12.7. The van der Waals surface area contributed by atoms with Gasteiger partial charge in [0.05, 0.1) is 18.8 Å². The highest BCUT2D eigenvalue weighted by atomic mass is 16.5. The van der Waals surface area contributed by atoms with Crippen LogP contribution >= 0.6 is 0 Å². The molecule has 5 nitrogen and oxygen atoms in total. The van der Waals surface area contributed by atoms with Gasteiger partial charge in [-0.1, -0.05) is 50.1 Å². The normalized spacial score (nSPS) is 24.7. The molecule has 0 unspecified atom stereocenters. The van der Waals surface area contributed by atoms with Crippen LogP contribution in [-0.4, -0.2) is 40.8 Å². The van der Waals surface area contributed by atoms with Gasteiger partial charge in [0.2, 0.25) is 0 Å². The Bertz CT molecular complexity index is 565. The van der Waals surface area contributed by atoms with Crippen molar-refractivity contribution in [3.05, 3.63) is 37.0 Å². The van der Waals surface area contributed by atoms with Gasteiger partial charge in [-0.2, -0.15) is 0 Å². The Hall–Kier alpha value is -1.72. The first-order valence-corrected chi connectivity index (χ1v) is 10.3. The van der Waals surface area contributed by atoms with Crippen molar-refractivity contribution in [3.8, 4) is 0 Å². The third-order valence-electron chi connectivity index (χ3n) is 5.44. The number of unbranched alkanes of at least 4 members (excludes halogenated alkanes) is 2. The SMILES string of the molecule is C=C[C@@](O)(CC=C[C@H]1[C@H](O)CC(=O)[C@@H]1CC=CCCCC(=O)OC)CCCC. The van der Waals surface area contributed by atoms with E-state index in [4.69, 9.17) is 0 Å². The molecule has 1 aliphatic carbocycles. The third kappa shape index (κ3) is 8.11. The van der Waals surface area contributed by atoms with E-state index >= 15 is 0 Å². The first kappa shape index (κ1) is 24.3. The van der Waals surface area contributed by atoms with Gasteiger partial charge in [-0.15, -0.1) is 6.58 Å². The zero-order valence-electron chi connectivity index (χ0n) is 17.3. The second-order valence-corrected chi connectivity index (χ2v) is 7.64. The number of carbonyl (C=O) groups is 2. The Morgan fingerprint density at radius 1 is 1.32 bits per heavy atom. The van der Waals surface area contributed by atoms with Crippen molar-refractivity contribution < 1.29 is 24.5 Å². The minimum atomic E-state index is -0.935. The van der Waals surface area contributed by atoms with Crippen LogP contribution in [0.25, 0.3) is 0 Å². The lowest BCUT2D eigenvalue weighted by atomic mass is 9.88. The zero-order chi connectivity index (χ0) is 21.0. The molecule has 0 amide bonds. The average molecular weight is 393 g/mol. The van der Waals surface area contributed by atoms with E-state index in [1.807, 2.05) is 24.3 Å². The van der Waals surface area contributed by atoms with Crippen LogP contribution in [0.1, 0.15) is 64.7 Å². The average Bonchev–Trinajstić information content (AvgIpc) is 2.95. The summed E-state index contributed by atoms with van der Waals surface area (Å²) in [5, 5.41) is 20.8. The number of methoxy groups -OCH3 is 1. The highest BCUT2D eigenvalue weighted by Crippen LogP contribution is 2.34. The third-order valence-corrected chi connectivity index (χ3v) is 5.44. The van der Waals surface area contributed by atoms with Crippen molar-refractivity contribution in [2.45, 2.75) is 76.4 Å². The van der Waals surface area contributed by atoms with E-state index in [0.29, 0.717) is 32.1 Å². The first-order valence-electron chi connectivity index (χ1n) is 10.3. The number of ketones is 1. The Balaban J connectivity index is 2.57. The molecule has 0 saturated heterocycles. The standard InChI is InChI=1S/C23H36O5/c1-4-6-15-23(27,5-2)16-11-13-19-18(20(24)17-21(19)25)12-9-7-8-10-14-22(26)28-3/h5,7,9,11,13,18-19,21,25,27H,2,4,6,8,10,12,14-17H2,1,3H3/t18-,19-,21-,23+/m1/s1. The lowest BCUT2D eigenvalue weighted by molar-refractivity contribution is -0.140. The molecule has 2 N–H and O–H groups in total. The molecule has 5 heteroatoms. The number of aliphatic hydroxyl groups excluding tert-OH is 1. The van der Waals surface area contributed by atoms with Gasteiger partial charge < -0.3 is 14.9 Å². The van der Waals surface area contributed by atoms with Gasteiger partial charge in [0, 0.05) is 24.7 Å². The summed E-state index contributed by atoms with van der Waals surface area (Å²) in [5.41, 5.74) is -0.935. The lowest BCUT2D eigenvalue weighted by Crippen LogP contribution is -2.25. The number of rotatable bonds is 13.